The SMILES string of the molecule is C[C@H](NC(=O)c1cc(C(F)(F)F)cc(C(F)(F)F)c1)c1ncnn1-c1ncc(Cl)s1. The highest BCUT2D eigenvalue weighted by Crippen LogP contribution is 2.36. The number of aromatic nitrogens is 4. The first kappa shape index (κ1) is 22.0. The molecule has 160 valence electrons. The van der Waals surface area contributed by atoms with Crippen LogP contribution in [0.15, 0.2) is 30.7 Å². The maximum absolute atomic E-state index is 13.0. The molecule has 1 aromatic carbocycles. The molecule has 0 aliphatic heterocycles. The van der Waals surface area contributed by atoms with E-state index in [2.05, 4.69) is 20.4 Å². The number of carbonyl (C=O) groups is 1. The third kappa shape index (κ3) is 4.73. The molecule has 0 bridgehead atoms. The third-order valence-electron chi connectivity index (χ3n) is 3.81. The number of nitrogens with zero attached hydrogens (tertiary/aromatic N) is 4. The molecular weight excluding hydrogens is 460 g/mol. The van der Waals surface area contributed by atoms with Gasteiger partial charge in [0, 0.05) is 5.56 Å². The van der Waals surface area contributed by atoms with Gasteiger partial charge in [0.2, 0.25) is 5.13 Å². The lowest BCUT2D eigenvalue weighted by Gasteiger charge is -2.16. The normalized spacial score (nSPS) is 13.3. The number of rotatable bonds is 4. The van der Waals surface area contributed by atoms with E-state index in [4.69, 9.17) is 11.6 Å². The lowest BCUT2D eigenvalue weighted by Crippen LogP contribution is -2.29. The Balaban J connectivity index is 1.90. The largest absolute Gasteiger partial charge is 0.416 e. The van der Waals surface area contributed by atoms with Crippen molar-refractivity contribution in [3.05, 3.63) is 57.6 Å². The monoisotopic (exact) mass is 469 g/mol. The van der Waals surface area contributed by atoms with Gasteiger partial charge in [-0.15, -0.1) is 0 Å². The summed E-state index contributed by atoms with van der Waals surface area (Å²) in [5.74, 6) is -0.997. The zero-order valence-electron chi connectivity index (χ0n) is 14.7. The van der Waals surface area contributed by atoms with E-state index in [-0.39, 0.29) is 11.9 Å². The summed E-state index contributed by atoms with van der Waals surface area (Å²) >= 11 is 6.87. The summed E-state index contributed by atoms with van der Waals surface area (Å²) in [5.41, 5.74) is -3.97. The third-order valence-corrected chi connectivity index (χ3v) is 4.90. The van der Waals surface area contributed by atoms with Gasteiger partial charge in [-0.2, -0.15) is 36.1 Å². The van der Waals surface area contributed by atoms with Gasteiger partial charge in [-0.3, -0.25) is 4.79 Å². The summed E-state index contributed by atoms with van der Waals surface area (Å²) in [6, 6.07) is -0.277. The number of hydrogen-bond acceptors (Lipinski definition) is 5. The predicted octanol–water partition coefficient (Wildman–Crippen LogP) is 4.91. The second-order valence-electron chi connectivity index (χ2n) is 5.97. The van der Waals surface area contributed by atoms with Gasteiger partial charge in [-0.1, -0.05) is 22.9 Å². The zero-order chi connectivity index (χ0) is 22.3. The van der Waals surface area contributed by atoms with Gasteiger partial charge in [-0.05, 0) is 25.1 Å². The average Bonchev–Trinajstić information content (AvgIpc) is 3.28. The molecule has 0 radical (unpaired) electrons. The minimum absolute atomic E-state index is 0.0525. The molecule has 6 nitrogen and oxygen atoms in total. The highest BCUT2D eigenvalue weighted by atomic mass is 35.5. The Labute approximate surface area is 173 Å². The number of carbonyl (C=O) groups excluding carboxylic acids is 1. The van der Waals surface area contributed by atoms with Crippen LogP contribution in [0, 0.1) is 0 Å². The zero-order valence-corrected chi connectivity index (χ0v) is 16.3. The van der Waals surface area contributed by atoms with Gasteiger partial charge < -0.3 is 5.32 Å². The summed E-state index contributed by atoms with van der Waals surface area (Å²) in [4.78, 5) is 20.4. The van der Waals surface area contributed by atoms with E-state index < -0.39 is 41.0 Å². The van der Waals surface area contributed by atoms with Crippen LogP contribution >= 0.6 is 22.9 Å². The number of benzene rings is 1. The maximum atomic E-state index is 13.0. The number of alkyl halides is 6. The van der Waals surface area contributed by atoms with Crippen LogP contribution in [0.1, 0.15) is 40.3 Å². The Morgan fingerprint density at radius 3 is 2.20 bits per heavy atom. The molecular formula is C16H10ClF6N5OS. The van der Waals surface area contributed by atoms with E-state index >= 15 is 0 Å². The van der Waals surface area contributed by atoms with Crippen LogP contribution in [0.3, 0.4) is 0 Å². The Bertz CT molecular complexity index is 1040. The van der Waals surface area contributed by atoms with Crippen molar-refractivity contribution >= 4 is 28.8 Å². The molecule has 3 rings (SSSR count). The molecule has 2 aromatic heterocycles. The lowest BCUT2D eigenvalue weighted by molar-refractivity contribution is -0.143. The highest BCUT2D eigenvalue weighted by Gasteiger charge is 2.37. The van der Waals surface area contributed by atoms with Crippen LogP contribution in [0.2, 0.25) is 4.34 Å². The fourth-order valence-corrected chi connectivity index (χ4v) is 3.34. The van der Waals surface area contributed by atoms with Crippen LogP contribution in [-0.4, -0.2) is 25.7 Å². The molecule has 1 amide bonds. The highest BCUT2D eigenvalue weighted by molar-refractivity contribution is 7.18. The molecule has 1 atom stereocenters. The van der Waals surface area contributed by atoms with Crippen molar-refractivity contribution < 1.29 is 31.1 Å². The van der Waals surface area contributed by atoms with Crippen molar-refractivity contribution in [3.63, 3.8) is 0 Å². The van der Waals surface area contributed by atoms with E-state index in [1.165, 1.54) is 17.8 Å². The second kappa shape index (κ2) is 7.87. The van der Waals surface area contributed by atoms with Crippen molar-refractivity contribution in [1.29, 1.82) is 0 Å². The van der Waals surface area contributed by atoms with E-state index in [9.17, 15) is 31.1 Å². The van der Waals surface area contributed by atoms with Gasteiger partial charge in [0.05, 0.1) is 23.4 Å². The topological polar surface area (TPSA) is 72.7 Å². The molecule has 30 heavy (non-hydrogen) atoms. The number of hydrogen-bond donors (Lipinski definition) is 1. The predicted molar refractivity (Wildman–Crippen MR) is 94.4 cm³/mol. The van der Waals surface area contributed by atoms with E-state index in [0.717, 1.165) is 17.7 Å². The number of nitrogens with one attached hydrogen (secondary N) is 1. The Morgan fingerprint density at radius 1 is 1.10 bits per heavy atom. The summed E-state index contributed by atoms with van der Waals surface area (Å²) in [6.45, 7) is 1.44. The van der Waals surface area contributed by atoms with Crippen LogP contribution in [0.4, 0.5) is 26.3 Å². The number of amides is 1. The van der Waals surface area contributed by atoms with Gasteiger partial charge in [0.15, 0.2) is 5.82 Å². The van der Waals surface area contributed by atoms with Gasteiger partial charge in [-0.25, -0.2) is 9.97 Å². The minimum Gasteiger partial charge on any atom is -0.342 e. The van der Waals surface area contributed by atoms with Crippen molar-refractivity contribution in [2.45, 2.75) is 25.3 Å². The van der Waals surface area contributed by atoms with E-state index in [0.29, 0.717) is 21.6 Å². The van der Waals surface area contributed by atoms with Crippen LogP contribution < -0.4 is 5.32 Å². The first-order valence-electron chi connectivity index (χ1n) is 7.98. The average molecular weight is 470 g/mol. The Kier molecular flexibility index (Phi) is 5.78. The standard InChI is InChI=1S/C16H10ClF6N5OS/c1-7(12-25-6-26-28(12)14-24-5-11(17)30-14)27-13(29)8-2-9(15(18,19)20)4-10(3-8)16(21,22)23/h2-7H,1H3,(H,27,29)/t7-/m0/s1. The molecule has 0 aliphatic carbocycles. The first-order valence-corrected chi connectivity index (χ1v) is 9.17. The van der Waals surface area contributed by atoms with Crippen molar-refractivity contribution in [3.8, 4) is 5.13 Å². The summed E-state index contributed by atoms with van der Waals surface area (Å²) < 4.78 is 79.5. The number of halogens is 7. The van der Waals surface area contributed by atoms with Crippen molar-refractivity contribution in [2.75, 3.05) is 0 Å². The van der Waals surface area contributed by atoms with Crippen LogP contribution in [-0.2, 0) is 12.4 Å². The van der Waals surface area contributed by atoms with Crippen molar-refractivity contribution in [2.24, 2.45) is 0 Å². The molecule has 14 heteroatoms. The van der Waals surface area contributed by atoms with Crippen LogP contribution in [0.5, 0.6) is 0 Å². The van der Waals surface area contributed by atoms with Crippen LogP contribution in [0.25, 0.3) is 5.13 Å². The first-order chi connectivity index (χ1) is 13.9. The molecule has 3 aromatic rings. The fourth-order valence-electron chi connectivity index (χ4n) is 2.47. The number of thiazole rings is 1. The second-order valence-corrected chi connectivity index (χ2v) is 7.61. The smallest absolute Gasteiger partial charge is 0.342 e. The molecule has 0 fully saturated rings. The molecule has 0 spiro atoms. The summed E-state index contributed by atoms with van der Waals surface area (Å²) in [5, 5.41) is 6.57. The van der Waals surface area contributed by atoms with E-state index in [1.54, 1.807) is 0 Å². The lowest BCUT2D eigenvalue weighted by atomic mass is 10.0. The van der Waals surface area contributed by atoms with Gasteiger partial charge in [0.1, 0.15) is 10.7 Å². The summed E-state index contributed by atoms with van der Waals surface area (Å²) in [6.07, 6.45) is -7.62. The summed E-state index contributed by atoms with van der Waals surface area (Å²) in [7, 11) is 0. The fraction of sp³-hybridized carbons (Fsp3) is 0.250. The molecule has 0 unspecified atom stereocenters. The Hall–Kier alpha value is -2.67. The maximum Gasteiger partial charge on any atom is 0.416 e. The molecule has 2 heterocycles. The quantitative estimate of drug-likeness (QED) is 0.551. The molecule has 0 aliphatic rings. The Morgan fingerprint density at radius 2 is 1.70 bits per heavy atom. The van der Waals surface area contributed by atoms with Gasteiger partial charge >= 0.3 is 12.4 Å². The van der Waals surface area contributed by atoms with Crippen molar-refractivity contribution in [1.82, 2.24) is 25.1 Å². The molecule has 0 saturated heterocycles. The van der Waals surface area contributed by atoms with Gasteiger partial charge in [0.25, 0.3) is 5.91 Å². The molecule has 1 N–H and O–H groups in total. The van der Waals surface area contributed by atoms with E-state index in [1.807, 2.05) is 0 Å². The minimum atomic E-state index is -5.06. The molecule has 0 saturated carbocycles.